The van der Waals surface area contributed by atoms with E-state index in [9.17, 15) is 0 Å². The molecule has 8 heteroatoms. The maximum Gasteiger partial charge on any atom is 0.221 e. The molecule has 0 unspecified atom stereocenters. The average molecular weight is 439 g/mol. The summed E-state index contributed by atoms with van der Waals surface area (Å²) in [6.45, 7) is 8.92. The van der Waals surface area contributed by atoms with Crippen LogP contribution in [0.1, 0.15) is 34.9 Å². The van der Waals surface area contributed by atoms with Gasteiger partial charge in [0.25, 0.3) is 0 Å². The first-order chi connectivity index (χ1) is 15.2. The lowest BCUT2D eigenvalue weighted by atomic mass is 10.0. The third-order valence-corrected chi connectivity index (χ3v) is 5.53. The van der Waals surface area contributed by atoms with Crippen molar-refractivity contribution in [2.45, 2.75) is 40.7 Å². The SMILES string of the molecule is CCc1cccc(N(C)N)c1COc1ccc(-c2nn(C)c(C)c2C)cc1C.NNC=O. The first-order valence-electron chi connectivity index (χ1n) is 10.5. The van der Waals surface area contributed by atoms with Crippen molar-refractivity contribution < 1.29 is 9.53 Å². The predicted octanol–water partition coefficient (Wildman–Crippen LogP) is 3.07. The largest absolute Gasteiger partial charge is 0.489 e. The van der Waals surface area contributed by atoms with Crippen molar-refractivity contribution in [2.24, 2.45) is 18.7 Å². The lowest BCUT2D eigenvalue weighted by Crippen LogP contribution is -2.27. The molecule has 0 aliphatic carbocycles. The van der Waals surface area contributed by atoms with Crippen molar-refractivity contribution in [3.05, 3.63) is 64.3 Å². The number of ether oxygens (including phenoxy) is 1. The Bertz CT molecular complexity index is 1060. The first kappa shape index (κ1) is 24.9. The van der Waals surface area contributed by atoms with Crippen molar-refractivity contribution in [1.29, 1.82) is 0 Å². The van der Waals surface area contributed by atoms with E-state index in [0.717, 1.165) is 40.2 Å². The summed E-state index contributed by atoms with van der Waals surface area (Å²) in [5.41, 5.74) is 10.8. The maximum atomic E-state index is 8.94. The van der Waals surface area contributed by atoms with Gasteiger partial charge in [0.2, 0.25) is 6.41 Å². The van der Waals surface area contributed by atoms with Gasteiger partial charge in [0, 0.05) is 30.9 Å². The van der Waals surface area contributed by atoms with Crippen LogP contribution in [0.15, 0.2) is 36.4 Å². The summed E-state index contributed by atoms with van der Waals surface area (Å²) in [5.74, 6) is 11.3. The van der Waals surface area contributed by atoms with Crippen LogP contribution in [0.4, 0.5) is 5.69 Å². The molecule has 8 nitrogen and oxygen atoms in total. The second-order valence-corrected chi connectivity index (χ2v) is 7.62. The Morgan fingerprint density at radius 1 is 1.22 bits per heavy atom. The zero-order chi connectivity index (χ0) is 23.8. The third-order valence-electron chi connectivity index (χ3n) is 5.53. The van der Waals surface area contributed by atoms with Crippen molar-refractivity contribution >= 4 is 12.1 Å². The minimum atomic E-state index is 0.403. The van der Waals surface area contributed by atoms with Crippen LogP contribution in [0, 0.1) is 20.8 Å². The number of aromatic nitrogens is 2. The molecule has 1 heterocycles. The standard InChI is InChI=1S/C23H30N4O.CH4N2O/c1-7-18-9-8-10-21(26(5)24)20(18)14-28-22-12-11-19(13-15(22)2)23-16(3)17(4)27(6)25-23;2-3-1-4/h8-13H,7,14,24H2,1-6H3;1H,2H2,(H,3,4). The second-order valence-electron chi connectivity index (χ2n) is 7.62. The molecule has 0 atom stereocenters. The number of carbonyl (C=O) groups excluding carboxylic acids is 1. The molecule has 2 aromatic carbocycles. The molecular formula is C24H34N6O2. The number of aryl methyl sites for hydroxylation is 3. The molecule has 1 amide bonds. The van der Waals surface area contributed by atoms with Gasteiger partial charge in [0.05, 0.1) is 11.4 Å². The van der Waals surface area contributed by atoms with E-state index < -0.39 is 0 Å². The Hall–Kier alpha value is -3.36. The molecule has 3 rings (SSSR count). The molecule has 172 valence electrons. The average Bonchev–Trinajstić information content (AvgIpc) is 3.05. The molecule has 5 N–H and O–H groups in total. The molecule has 0 fully saturated rings. The smallest absolute Gasteiger partial charge is 0.221 e. The number of hydrazine groups is 2. The van der Waals surface area contributed by atoms with E-state index in [1.807, 2.05) is 37.0 Å². The summed E-state index contributed by atoms with van der Waals surface area (Å²) < 4.78 is 8.13. The van der Waals surface area contributed by atoms with E-state index in [2.05, 4.69) is 56.8 Å². The van der Waals surface area contributed by atoms with Gasteiger partial charge >= 0.3 is 0 Å². The van der Waals surface area contributed by atoms with Crippen LogP contribution >= 0.6 is 0 Å². The highest BCUT2D eigenvalue weighted by Gasteiger charge is 2.14. The molecule has 0 aliphatic heterocycles. The van der Waals surface area contributed by atoms with Crippen LogP contribution in [0.25, 0.3) is 11.3 Å². The van der Waals surface area contributed by atoms with E-state index in [1.165, 1.54) is 16.8 Å². The lowest BCUT2D eigenvalue weighted by molar-refractivity contribution is -0.109. The molecule has 1 aromatic heterocycles. The van der Waals surface area contributed by atoms with Crippen LogP contribution in [0.5, 0.6) is 5.75 Å². The fraction of sp³-hybridized carbons (Fsp3) is 0.333. The van der Waals surface area contributed by atoms with Gasteiger partial charge in [-0.15, -0.1) is 0 Å². The molecule has 32 heavy (non-hydrogen) atoms. The van der Waals surface area contributed by atoms with Crippen LogP contribution in [0.3, 0.4) is 0 Å². The summed E-state index contributed by atoms with van der Waals surface area (Å²) in [6.07, 6.45) is 1.34. The minimum Gasteiger partial charge on any atom is -0.489 e. The summed E-state index contributed by atoms with van der Waals surface area (Å²) >= 11 is 0. The number of hydrogen-bond donors (Lipinski definition) is 3. The monoisotopic (exact) mass is 438 g/mol. The van der Waals surface area contributed by atoms with Gasteiger partial charge in [-0.25, -0.2) is 11.7 Å². The Morgan fingerprint density at radius 2 is 1.91 bits per heavy atom. The molecule has 0 aliphatic rings. The first-order valence-corrected chi connectivity index (χ1v) is 10.5. The van der Waals surface area contributed by atoms with E-state index in [-0.39, 0.29) is 0 Å². The summed E-state index contributed by atoms with van der Waals surface area (Å²) in [7, 11) is 3.84. The number of nitrogens with one attached hydrogen (secondary N) is 1. The van der Waals surface area contributed by atoms with Crippen LogP contribution in [-0.4, -0.2) is 23.2 Å². The fourth-order valence-corrected chi connectivity index (χ4v) is 3.55. The summed E-state index contributed by atoms with van der Waals surface area (Å²) in [6, 6.07) is 12.5. The normalized spacial score (nSPS) is 10.2. The number of anilines is 1. The van der Waals surface area contributed by atoms with Gasteiger partial charge in [-0.3, -0.25) is 14.9 Å². The van der Waals surface area contributed by atoms with Crippen molar-refractivity contribution in [2.75, 3.05) is 12.1 Å². The van der Waals surface area contributed by atoms with Crippen molar-refractivity contribution in [3.8, 4) is 17.0 Å². The maximum absolute atomic E-state index is 8.94. The summed E-state index contributed by atoms with van der Waals surface area (Å²) in [5, 5.41) is 6.31. The number of benzene rings is 2. The Morgan fingerprint density at radius 3 is 2.41 bits per heavy atom. The molecule has 0 bridgehead atoms. The zero-order valence-corrected chi connectivity index (χ0v) is 19.8. The predicted molar refractivity (Wildman–Crippen MR) is 129 cm³/mol. The van der Waals surface area contributed by atoms with E-state index in [1.54, 1.807) is 10.4 Å². The van der Waals surface area contributed by atoms with Crippen molar-refractivity contribution in [1.82, 2.24) is 15.2 Å². The number of rotatable bonds is 7. The number of nitrogens with two attached hydrogens (primary N) is 2. The quantitative estimate of drug-likeness (QED) is 0.226. The van der Waals surface area contributed by atoms with Gasteiger partial charge in [-0.1, -0.05) is 19.1 Å². The van der Waals surface area contributed by atoms with E-state index in [0.29, 0.717) is 13.0 Å². The molecule has 3 aromatic rings. The van der Waals surface area contributed by atoms with Gasteiger partial charge < -0.3 is 9.75 Å². The van der Waals surface area contributed by atoms with E-state index >= 15 is 0 Å². The number of amides is 1. The molecule has 0 radical (unpaired) electrons. The Balaban J connectivity index is 0.000000837. The highest BCUT2D eigenvalue weighted by Crippen LogP contribution is 2.30. The number of hydrogen-bond acceptors (Lipinski definition) is 6. The lowest BCUT2D eigenvalue weighted by Gasteiger charge is -2.20. The molecule has 0 spiro atoms. The highest BCUT2D eigenvalue weighted by atomic mass is 16.5. The Kier molecular flexibility index (Phi) is 8.80. The molecule has 0 saturated carbocycles. The van der Waals surface area contributed by atoms with Gasteiger partial charge in [0.1, 0.15) is 12.4 Å². The molecular weight excluding hydrogens is 404 g/mol. The third kappa shape index (κ3) is 5.66. The van der Waals surface area contributed by atoms with Crippen LogP contribution in [-0.2, 0) is 24.9 Å². The van der Waals surface area contributed by atoms with Crippen LogP contribution in [0.2, 0.25) is 0 Å². The number of carbonyl (C=O) groups is 1. The second kappa shape index (κ2) is 11.3. The van der Waals surface area contributed by atoms with E-state index in [4.69, 9.17) is 15.4 Å². The Labute approximate surface area is 190 Å². The highest BCUT2D eigenvalue weighted by molar-refractivity contribution is 5.66. The van der Waals surface area contributed by atoms with Crippen molar-refractivity contribution in [3.63, 3.8) is 0 Å². The summed E-state index contributed by atoms with van der Waals surface area (Å²) in [4.78, 5) is 8.94. The van der Waals surface area contributed by atoms with Crippen LogP contribution < -0.4 is 26.9 Å². The number of nitrogens with zero attached hydrogens (tertiary/aromatic N) is 3. The zero-order valence-electron chi connectivity index (χ0n) is 19.8. The van der Waals surface area contributed by atoms with Gasteiger partial charge in [-0.2, -0.15) is 5.10 Å². The van der Waals surface area contributed by atoms with Gasteiger partial charge in [-0.05, 0) is 68.1 Å². The minimum absolute atomic E-state index is 0.403. The fourth-order valence-electron chi connectivity index (χ4n) is 3.55. The van der Waals surface area contributed by atoms with Gasteiger partial charge in [0.15, 0.2) is 0 Å². The topological polar surface area (TPSA) is 111 Å². The molecule has 0 saturated heterocycles.